The summed E-state index contributed by atoms with van der Waals surface area (Å²) < 4.78 is 5.97. The lowest BCUT2D eigenvalue weighted by atomic mass is 9.89. The first-order valence-corrected chi connectivity index (χ1v) is 10.9. The molecule has 156 valence electrons. The van der Waals surface area contributed by atoms with E-state index in [0.717, 1.165) is 43.3 Å². The molecule has 3 aromatic rings. The molecule has 0 aliphatic carbocycles. The van der Waals surface area contributed by atoms with Crippen molar-refractivity contribution in [3.63, 3.8) is 0 Å². The number of rotatable bonds is 8. The van der Waals surface area contributed by atoms with E-state index >= 15 is 0 Å². The zero-order chi connectivity index (χ0) is 20.6. The van der Waals surface area contributed by atoms with Crippen LogP contribution in [0.15, 0.2) is 77.7 Å². The summed E-state index contributed by atoms with van der Waals surface area (Å²) in [5.74, 6) is 1.66. The number of aryl methyl sites for hydroxylation is 1. The Morgan fingerprint density at radius 1 is 0.867 bits per heavy atom. The molecule has 2 heterocycles. The van der Waals surface area contributed by atoms with Crippen LogP contribution >= 0.6 is 0 Å². The van der Waals surface area contributed by atoms with Crippen molar-refractivity contribution in [2.45, 2.75) is 38.8 Å². The number of pyridine rings is 1. The van der Waals surface area contributed by atoms with Gasteiger partial charge in [-0.2, -0.15) is 0 Å². The Balaban J connectivity index is 1.26. The number of nitrogens with one attached hydrogen (secondary N) is 1. The van der Waals surface area contributed by atoms with Crippen molar-refractivity contribution in [3.05, 3.63) is 100.0 Å². The van der Waals surface area contributed by atoms with E-state index < -0.39 is 0 Å². The fourth-order valence-electron chi connectivity index (χ4n) is 4.23. The molecule has 0 unspecified atom stereocenters. The lowest BCUT2D eigenvalue weighted by Crippen LogP contribution is -2.35. The van der Waals surface area contributed by atoms with Gasteiger partial charge in [0.05, 0.1) is 0 Å². The molecule has 1 aliphatic heterocycles. The molecule has 0 saturated carbocycles. The molecule has 30 heavy (non-hydrogen) atoms. The number of H-pyrrole nitrogens is 1. The Morgan fingerprint density at radius 2 is 1.57 bits per heavy atom. The molecule has 1 fully saturated rings. The number of para-hydroxylation sites is 1. The summed E-state index contributed by atoms with van der Waals surface area (Å²) >= 11 is 0. The van der Waals surface area contributed by atoms with Crippen molar-refractivity contribution < 1.29 is 4.74 Å². The van der Waals surface area contributed by atoms with Gasteiger partial charge >= 0.3 is 0 Å². The van der Waals surface area contributed by atoms with E-state index in [4.69, 9.17) is 4.74 Å². The second-order valence-electron chi connectivity index (χ2n) is 8.15. The molecule has 1 N–H and O–H groups in total. The van der Waals surface area contributed by atoms with Gasteiger partial charge in [-0.15, -0.1) is 0 Å². The fourth-order valence-corrected chi connectivity index (χ4v) is 4.23. The zero-order valence-corrected chi connectivity index (χ0v) is 17.4. The van der Waals surface area contributed by atoms with Crippen molar-refractivity contribution in [2.75, 3.05) is 13.1 Å². The number of nitrogens with zero attached hydrogens (tertiary/aromatic N) is 1. The molecule has 0 amide bonds. The predicted molar refractivity (Wildman–Crippen MR) is 121 cm³/mol. The fraction of sp³-hybridized carbons (Fsp3) is 0.346. The molecule has 1 aromatic heterocycles. The molecule has 0 spiro atoms. The largest absolute Gasteiger partial charge is 0.489 e. The van der Waals surface area contributed by atoms with Crippen LogP contribution < -0.4 is 10.3 Å². The standard InChI is InChI=1S/C26H30N2O2/c29-26-23(9-6-16-27-26)19-28-17-14-21(15-18-28)12-13-22-7-4-5-8-24(22)20-30-25-10-2-1-3-11-25/h1-11,16,21H,12-15,17-20H2,(H,27,29). The maximum Gasteiger partial charge on any atom is 0.252 e. The summed E-state index contributed by atoms with van der Waals surface area (Å²) in [4.78, 5) is 17.1. The van der Waals surface area contributed by atoms with Crippen LogP contribution in [0.1, 0.15) is 36.0 Å². The number of likely N-dealkylation sites (tertiary alicyclic amines) is 1. The van der Waals surface area contributed by atoms with E-state index in [0.29, 0.717) is 6.61 Å². The van der Waals surface area contributed by atoms with Crippen LogP contribution in [0.2, 0.25) is 0 Å². The number of hydrogen-bond acceptors (Lipinski definition) is 3. The molecule has 0 atom stereocenters. The summed E-state index contributed by atoms with van der Waals surface area (Å²) in [5.41, 5.74) is 3.58. The molecular weight excluding hydrogens is 372 g/mol. The highest BCUT2D eigenvalue weighted by Gasteiger charge is 2.20. The van der Waals surface area contributed by atoms with Crippen LogP contribution in [-0.2, 0) is 19.6 Å². The van der Waals surface area contributed by atoms with Gasteiger partial charge in [-0.05, 0) is 74.0 Å². The van der Waals surface area contributed by atoms with E-state index in [1.165, 1.54) is 30.4 Å². The second kappa shape index (κ2) is 10.3. The van der Waals surface area contributed by atoms with Gasteiger partial charge in [-0.25, -0.2) is 0 Å². The van der Waals surface area contributed by atoms with Crippen LogP contribution in [-0.4, -0.2) is 23.0 Å². The number of piperidine rings is 1. The zero-order valence-electron chi connectivity index (χ0n) is 17.4. The van der Waals surface area contributed by atoms with Gasteiger partial charge in [0.2, 0.25) is 0 Å². The topological polar surface area (TPSA) is 45.3 Å². The maximum atomic E-state index is 11.9. The van der Waals surface area contributed by atoms with Crippen LogP contribution in [0.4, 0.5) is 0 Å². The van der Waals surface area contributed by atoms with E-state index in [2.05, 4.69) is 34.1 Å². The third-order valence-electron chi connectivity index (χ3n) is 6.08. The average molecular weight is 403 g/mol. The monoisotopic (exact) mass is 402 g/mol. The minimum absolute atomic E-state index is 0.0361. The van der Waals surface area contributed by atoms with Gasteiger partial charge in [-0.1, -0.05) is 48.5 Å². The molecule has 0 bridgehead atoms. The normalized spacial score (nSPS) is 15.2. The van der Waals surface area contributed by atoms with Gasteiger partial charge in [0.1, 0.15) is 12.4 Å². The Morgan fingerprint density at radius 3 is 2.33 bits per heavy atom. The maximum absolute atomic E-state index is 11.9. The highest BCUT2D eigenvalue weighted by molar-refractivity contribution is 5.28. The first kappa shape index (κ1) is 20.4. The van der Waals surface area contributed by atoms with E-state index in [-0.39, 0.29) is 5.56 Å². The molecular formula is C26H30N2O2. The van der Waals surface area contributed by atoms with Crippen molar-refractivity contribution in [1.29, 1.82) is 0 Å². The minimum atomic E-state index is 0.0361. The Bertz CT molecular complexity index is 975. The van der Waals surface area contributed by atoms with Crippen molar-refractivity contribution >= 4 is 0 Å². The van der Waals surface area contributed by atoms with Crippen LogP contribution in [0.3, 0.4) is 0 Å². The van der Waals surface area contributed by atoms with Crippen LogP contribution in [0, 0.1) is 5.92 Å². The smallest absolute Gasteiger partial charge is 0.252 e. The quantitative estimate of drug-likeness (QED) is 0.589. The number of aromatic nitrogens is 1. The van der Waals surface area contributed by atoms with Crippen molar-refractivity contribution in [3.8, 4) is 5.75 Å². The van der Waals surface area contributed by atoms with Gasteiger partial charge in [0.15, 0.2) is 0 Å². The molecule has 0 radical (unpaired) electrons. The summed E-state index contributed by atoms with van der Waals surface area (Å²) in [6, 6.07) is 22.5. The third-order valence-corrected chi connectivity index (χ3v) is 6.08. The first-order valence-electron chi connectivity index (χ1n) is 10.9. The number of hydrogen-bond donors (Lipinski definition) is 1. The summed E-state index contributed by atoms with van der Waals surface area (Å²) in [6.07, 6.45) is 6.40. The molecule has 1 saturated heterocycles. The van der Waals surface area contributed by atoms with E-state index in [9.17, 15) is 4.79 Å². The number of aromatic amines is 1. The highest BCUT2D eigenvalue weighted by atomic mass is 16.5. The molecule has 4 rings (SSSR count). The molecule has 4 nitrogen and oxygen atoms in total. The molecule has 4 heteroatoms. The van der Waals surface area contributed by atoms with Gasteiger partial charge in [0.25, 0.3) is 5.56 Å². The van der Waals surface area contributed by atoms with Gasteiger partial charge < -0.3 is 9.72 Å². The number of benzene rings is 2. The third kappa shape index (κ3) is 5.61. The highest BCUT2D eigenvalue weighted by Crippen LogP contribution is 2.24. The summed E-state index contributed by atoms with van der Waals surface area (Å²) in [5, 5.41) is 0. The average Bonchev–Trinajstić information content (AvgIpc) is 2.80. The summed E-state index contributed by atoms with van der Waals surface area (Å²) in [6.45, 7) is 3.50. The predicted octanol–water partition coefficient (Wildman–Crippen LogP) is 4.80. The second-order valence-corrected chi connectivity index (χ2v) is 8.15. The lowest BCUT2D eigenvalue weighted by molar-refractivity contribution is 0.172. The Kier molecular flexibility index (Phi) is 6.99. The first-order chi connectivity index (χ1) is 14.8. The van der Waals surface area contributed by atoms with E-state index in [1.54, 1.807) is 6.20 Å². The minimum Gasteiger partial charge on any atom is -0.489 e. The van der Waals surface area contributed by atoms with Crippen LogP contribution in [0.25, 0.3) is 0 Å². The SMILES string of the molecule is O=c1[nH]cccc1CN1CCC(CCc2ccccc2COc2ccccc2)CC1. The van der Waals surface area contributed by atoms with Gasteiger partial charge in [0, 0.05) is 18.3 Å². The summed E-state index contributed by atoms with van der Waals surface area (Å²) in [7, 11) is 0. The number of ether oxygens (including phenoxy) is 1. The van der Waals surface area contributed by atoms with Crippen LogP contribution in [0.5, 0.6) is 5.75 Å². The Hall–Kier alpha value is -2.85. The molecule has 1 aliphatic rings. The Labute approximate surface area is 178 Å². The van der Waals surface area contributed by atoms with Gasteiger partial charge in [-0.3, -0.25) is 9.69 Å². The van der Waals surface area contributed by atoms with E-state index in [1.807, 2.05) is 42.5 Å². The molecule has 2 aromatic carbocycles. The lowest BCUT2D eigenvalue weighted by Gasteiger charge is -2.32. The van der Waals surface area contributed by atoms with Crippen molar-refractivity contribution in [1.82, 2.24) is 9.88 Å². The van der Waals surface area contributed by atoms with Crippen molar-refractivity contribution in [2.24, 2.45) is 5.92 Å².